The summed E-state index contributed by atoms with van der Waals surface area (Å²) in [6, 6.07) is 10.7. The summed E-state index contributed by atoms with van der Waals surface area (Å²) in [5, 5.41) is 1.86. The summed E-state index contributed by atoms with van der Waals surface area (Å²) < 4.78 is 1.55. The molecular formula is C24H27N5O3S. The van der Waals surface area contributed by atoms with E-state index in [0.29, 0.717) is 50.7 Å². The Balaban J connectivity index is 1.28. The van der Waals surface area contributed by atoms with E-state index < -0.39 is 6.04 Å². The van der Waals surface area contributed by atoms with Crippen LogP contribution in [0.3, 0.4) is 0 Å². The van der Waals surface area contributed by atoms with Crippen LogP contribution in [0.4, 0.5) is 0 Å². The van der Waals surface area contributed by atoms with Gasteiger partial charge in [0.2, 0.25) is 11.8 Å². The highest BCUT2D eigenvalue weighted by Gasteiger charge is 2.36. The maximum atomic E-state index is 13.6. The van der Waals surface area contributed by atoms with Gasteiger partial charge < -0.3 is 9.80 Å². The lowest BCUT2D eigenvalue weighted by molar-refractivity contribution is -0.149. The Labute approximate surface area is 196 Å². The molecule has 2 fully saturated rings. The van der Waals surface area contributed by atoms with E-state index in [1.807, 2.05) is 40.6 Å². The van der Waals surface area contributed by atoms with Gasteiger partial charge in [-0.05, 0) is 18.4 Å². The number of rotatable bonds is 5. The van der Waals surface area contributed by atoms with E-state index in [2.05, 4.69) is 9.88 Å². The lowest BCUT2D eigenvalue weighted by Gasteiger charge is -2.40. The zero-order valence-electron chi connectivity index (χ0n) is 18.4. The minimum Gasteiger partial charge on any atom is -0.338 e. The van der Waals surface area contributed by atoms with E-state index in [0.717, 1.165) is 24.1 Å². The molecule has 0 bridgehead atoms. The van der Waals surface area contributed by atoms with Gasteiger partial charge in [-0.25, -0.2) is 4.98 Å². The highest BCUT2D eigenvalue weighted by Crippen LogP contribution is 2.28. The first-order valence-electron chi connectivity index (χ1n) is 11.4. The highest BCUT2D eigenvalue weighted by atomic mass is 32.1. The van der Waals surface area contributed by atoms with Crippen LogP contribution in [0, 0.1) is 0 Å². The van der Waals surface area contributed by atoms with Crippen molar-refractivity contribution >= 4 is 28.1 Å². The number of carbonyl (C=O) groups excluding carboxylic acids is 2. The van der Waals surface area contributed by atoms with Crippen LogP contribution in [0.5, 0.6) is 0 Å². The maximum absolute atomic E-state index is 13.6. The fourth-order valence-electron chi connectivity index (χ4n) is 4.69. The second-order valence-corrected chi connectivity index (χ2v) is 9.47. The Bertz CT molecular complexity index is 1200. The maximum Gasteiger partial charge on any atom is 0.258 e. The zero-order chi connectivity index (χ0) is 22.8. The third kappa shape index (κ3) is 4.56. The van der Waals surface area contributed by atoms with Crippen LogP contribution in [0.1, 0.15) is 36.6 Å². The van der Waals surface area contributed by atoms with E-state index >= 15 is 0 Å². The number of amides is 2. The molecule has 0 N–H and O–H groups in total. The number of piperazine rings is 1. The lowest BCUT2D eigenvalue weighted by atomic mass is 9.99. The monoisotopic (exact) mass is 465 g/mol. The molecule has 0 saturated carbocycles. The van der Waals surface area contributed by atoms with Crippen molar-refractivity contribution in [1.82, 2.24) is 24.1 Å². The normalized spacial score (nSPS) is 18.6. The molecule has 2 saturated heterocycles. The van der Waals surface area contributed by atoms with Crippen molar-refractivity contribution in [2.24, 2.45) is 0 Å². The summed E-state index contributed by atoms with van der Waals surface area (Å²) in [4.78, 5) is 49.7. The summed E-state index contributed by atoms with van der Waals surface area (Å²) in [7, 11) is 0. The van der Waals surface area contributed by atoms with Crippen LogP contribution in [-0.2, 0) is 16.1 Å². The molecule has 2 aliphatic rings. The molecule has 0 aliphatic carbocycles. The van der Waals surface area contributed by atoms with Gasteiger partial charge in [-0.3, -0.25) is 23.7 Å². The number of benzene rings is 1. The lowest BCUT2D eigenvalue weighted by Crippen LogP contribution is -2.53. The zero-order valence-corrected chi connectivity index (χ0v) is 19.2. The van der Waals surface area contributed by atoms with Gasteiger partial charge in [-0.15, -0.1) is 11.3 Å². The molecule has 1 atom stereocenters. The number of piperidine rings is 1. The molecule has 1 unspecified atom stereocenters. The van der Waals surface area contributed by atoms with Crippen LogP contribution >= 0.6 is 11.3 Å². The second kappa shape index (κ2) is 9.44. The predicted molar refractivity (Wildman–Crippen MR) is 126 cm³/mol. The molecule has 2 aliphatic heterocycles. The number of aromatic nitrogens is 2. The largest absolute Gasteiger partial charge is 0.338 e. The van der Waals surface area contributed by atoms with Crippen molar-refractivity contribution in [2.75, 3.05) is 32.7 Å². The first-order valence-corrected chi connectivity index (χ1v) is 12.3. The summed E-state index contributed by atoms with van der Waals surface area (Å²) >= 11 is 1.45. The van der Waals surface area contributed by atoms with Gasteiger partial charge in [-0.2, -0.15) is 0 Å². The smallest absolute Gasteiger partial charge is 0.258 e. The molecule has 2 amide bonds. The number of thiazole rings is 1. The molecular weight excluding hydrogens is 438 g/mol. The van der Waals surface area contributed by atoms with Gasteiger partial charge in [0.05, 0.1) is 5.69 Å². The number of hydrogen-bond acceptors (Lipinski definition) is 6. The van der Waals surface area contributed by atoms with Crippen molar-refractivity contribution in [3.8, 4) is 0 Å². The Kier molecular flexibility index (Phi) is 6.24. The van der Waals surface area contributed by atoms with Crippen molar-refractivity contribution in [3.63, 3.8) is 0 Å². The molecule has 9 heteroatoms. The van der Waals surface area contributed by atoms with Crippen molar-refractivity contribution in [3.05, 3.63) is 69.6 Å². The molecule has 0 spiro atoms. The fraction of sp³-hybridized carbons (Fsp3) is 0.417. The molecule has 5 rings (SSSR count). The molecule has 8 nitrogen and oxygen atoms in total. The predicted octanol–water partition coefficient (Wildman–Crippen LogP) is 2.15. The van der Waals surface area contributed by atoms with Crippen molar-refractivity contribution in [2.45, 2.75) is 31.8 Å². The van der Waals surface area contributed by atoms with Gasteiger partial charge >= 0.3 is 0 Å². The minimum atomic E-state index is -0.562. The fourth-order valence-corrected chi connectivity index (χ4v) is 5.43. The van der Waals surface area contributed by atoms with Crippen LogP contribution in [0.15, 0.2) is 52.8 Å². The van der Waals surface area contributed by atoms with Gasteiger partial charge in [-0.1, -0.05) is 30.3 Å². The average Bonchev–Trinajstić information content (AvgIpc) is 3.31. The standard InChI is InChI=1S/C24H27N5O3S/c30-20-8-4-5-9-28(20)22(18-6-2-1-3-7-18)23(32)27-12-10-26(11-13-27)17-19-16-21(31)29-14-15-33-24(29)25-19/h1-3,6-7,14-16,22H,4-5,8-13,17H2. The van der Waals surface area contributed by atoms with Crippen molar-refractivity contribution in [1.29, 1.82) is 0 Å². The molecule has 33 heavy (non-hydrogen) atoms. The Morgan fingerprint density at radius 3 is 2.58 bits per heavy atom. The molecule has 172 valence electrons. The molecule has 4 heterocycles. The first-order chi connectivity index (χ1) is 16.1. The minimum absolute atomic E-state index is 0.00697. The Morgan fingerprint density at radius 1 is 1.03 bits per heavy atom. The summed E-state index contributed by atoms with van der Waals surface area (Å²) in [6.07, 6.45) is 4.06. The van der Waals surface area contributed by atoms with Gasteiger partial charge in [0.1, 0.15) is 6.04 Å². The molecule has 1 aromatic carbocycles. The first kappa shape index (κ1) is 21.8. The molecule has 2 aromatic heterocycles. The third-order valence-corrected chi connectivity index (χ3v) is 7.20. The Morgan fingerprint density at radius 2 is 1.82 bits per heavy atom. The number of hydrogen-bond donors (Lipinski definition) is 0. The quantitative estimate of drug-likeness (QED) is 0.577. The van der Waals surface area contributed by atoms with Crippen molar-refractivity contribution < 1.29 is 9.59 Å². The SMILES string of the molecule is O=C(C(c1ccccc1)N1CCCCC1=O)N1CCN(Cc2cc(=O)n3ccsc3n2)CC1. The van der Waals surface area contributed by atoms with Gasteiger partial charge in [0.25, 0.3) is 5.56 Å². The highest BCUT2D eigenvalue weighted by molar-refractivity contribution is 7.15. The summed E-state index contributed by atoms with van der Waals surface area (Å²) in [6.45, 7) is 3.78. The van der Waals surface area contributed by atoms with Gasteiger partial charge in [0, 0.05) is 63.3 Å². The summed E-state index contributed by atoms with van der Waals surface area (Å²) in [5.74, 6) is 0.0518. The molecule has 0 radical (unpaired) electrons. The van der Waals surface area contributed by atoms with Crippen LogP contribution in [-0.4, -0.2) is 68.6 Å². The van der Waals surface area contributed by atoms with E-state index in [1.165, 1.54) is 11.3 Å². The summed E-state index contributed by atoms with van der Waals surface area (Å²) in [5.41, 5.74) is 1.55. The third-order valence-electron chi connectivity index (χ3n) is 6.45. The number of carbonyl (C=O) groups is 2. The van der Waals surface area contributed by atoms with Gasteiger partial charge in [0.15, 0.2) is 4.96 Å². The average molecular weight is 466 g/mol. The van der Waals surface area contributed by atoms with Crippen LogP contribution < -0.4 is 5.56 Å². The van der Waals surface area contributed by atoms with E-state index in [-0.39, 0.29) is 17.4 Å². The van der Waals surface area contributed by atoms with E-state index in [1.54, 1.807) is 21.6 Å². The number of likely N-dealkylation sites (tertiary alicyclic amines) is 1. The second-order valence-electron chi connectivity index (χ2n) is 8.60. The Hall–Kier alpha value is -3.04. The van der Waals surface area contributed by atoms with E-state index in [9.17, 15) is 14.4 Å². The van der Waals surface area contributed by atoms with Crippen LogP contribution in [0.25, 0.3) is 4.96 Å². The number of fused-ring (bicyclic) bond motifs is 1. The van der Waals surface area contributed by atoms with Crippen LogP contribution in [0.2, 0.25) is 0 Å². The topological polar surface area (TPSA) is 78.2 Å². The molecule has 3 aromatic rings. The number of nitrogens with zero attached hydrogens (tertiary/aromatic N) is 5. The van der Waals surface area contributed by atoms with E-state index in [4.69, 9.17) is 0 Å².